The third-order valence-electron chi connectivity index (χ3n) is 4.15. The average molecular weight is 373 g/mol. The highest BCUT2D eigenvalue weighted by molar-refractivity contribution is 5.89. The van der Waals surface area contributed by atoms with Gasteiger partial charge in [0.15, 0.2) is 0 Å². The minimum absolute atomic E-state index is 0.0158. The Morgan fingerprint density at radius 1 is 1.26 bits per heavy atom. The van der Waals surface area contributed by atoms with Crippen LogP contribution in [0.1, 0.15) is 12.7 Å². The SMILES string of the molecule is CC(=O)N1CCO[C@@H](CNC(=O)Nc2ccc(OCc3ccco3)cc2)C1. The molecule has 0 radical (unpaired) electrons. The van der Waals surface area contributed by atoms with Gasteiger partial charge in [-0.2, -0.15) is 0 Å². The Morgan fingerprint density at radius 3 is 2.78 bits per heavy atom. The second-order valence-corrected chi connectivity index (χ2v) is 6.19. The van der Waals surface area contributed by atoms with Gasteiger partial charge in [0.25, 0.3) is 0 Å². The predicted octanol–water partition coefficient (Wildman–Crippen LogP) is 2.23. The number of anilines is 1. The number of morpholine rings is 1. The predicted molar refractivity (Wildman–Crippen MR) is 98.5 cm³/mol. The Bertz CT molecular complexity index is 745. The summed E-state index contributed by atoms with van der Waals surface area (Å²) >= 11 is 0. The third-order valence-corrected chi connectivity index (χ3v) is 4.15. The lowest BCUT2D eigenvalue weighted by molar-refractivity contribution is -0.136. The monoisotopic (exact) mass is 373 g/mol. The maximum atomic E-state index is 12.0. The molecule has 1 atom stereocenters. The molecule has 2 heterocycles. The van der Waals surface area contributed by atoms with E-state index in [0.29, 0.717) is 44.3 Å². The zero-order valence-corrected chi connectivity index (χ0v) is 15.1. The number of carbonyl (C=O) groups is 2. The summed E-state index contributed by atoms with van der Waals surface area (Å²) in [6.45, 7) is 3.76. The van der Waals surface area contributed by atoms with Crippen LogP contribution in [0.3, 0.4) is 0 Å². The van der Waals surface area contributed by atoms with Crippen LogP contribution < -0.4 is 15.4 Å². The number of benzene rings is 1. The van der Waals surface area contributed by atoms with Crippen LogP contribution in [0.25, 0.3) is 0 Å². The second kappa shape index (κ2) is 9.09. The first-order valence-corrected chi connectivity index (χ1v) is 8.77. The Kier molecular flexibility index (Phi) is 6.32. The van der Waals surface area contributed by atoms with Crippen molar-refractivity contribution in [2.45, 2.75) is 19.6 Å². The molecule has 1 aromatic carbocycles. The summed E-state index contributed by atoms with van der Waals surface area (Å²) in [5.41, 5.74) is 0.646. The Morgan fingerprint density at radius 2 is 2.07 bits per heavy atom. The number of nitrogens with zero attached hydrogens (tertiary/aromatic N) is 1. The van der Waals surface area contributed by atoms with Crippen LogP contribution in [0, 0.1) is 0 Å². The van der Waals surface area contributed by atoms with Gasteiger partial charge >= 0.3 is 6.03 Å². The zero-order chi connectivity index (χ0) is 19.1. The maximum Gasteiger partial charge on any atom is 0.319 e. The summed E-state index contributed by atoms with van der Waals surface area (Å²) in [7, 11) is 0. The van der Waals surface area contributed by atoms with E-state index in [2.05, 4.69) is 10.6 Å². The van der Waals surface area contributed by atoms with Gasteiger partial charge in [-0.25, -0.2) is 4.79 Å². The van der Waals surface area contributed by atoms with Crippen molar-refractivity contribution >= 4 is 17.6 Å². The lowest BCUT2D eigenvalue weighted by Gasteiger charge is -2.32. The number of furan rings is 1. The van der Waals surface area contributed by atoms with Crippen molar-refractivity contribution in [2.75, 3.05) is 31.6 Å². The molecule has 8 heteroatoms. The molecular formula is C19H23N3O5. The highest BCUT2D eigenvalue weighted by Crippen LogP contribution is 2.17. The van der Waals surface area contributed by atoms with Gasteiger partial charge in [-0.15, -0.1) is 0 Å². The molecule has 3 amide bonds. The zero-order valence-electron chi connectivity index (χ0n) is 15.1. The van der Waals surface area contributed by atoms with E-state index in [0.717, 1.165) is 5.76 Å². The van der Waals surface area contributed by atoms with E-state index in [-0.39, 0.29) is 18.0 Å². The molecule has 2 N–H and O–H groups in total. The summed E-state index contributed by atoms with van der Waals surface area (Å²) in [5, 5.41) is 5.51. The minimum Gasteiger partial charge on any atom is -0.486 e. The smallest absolute Gasteiger partial charge is 0.319 e. The number of nitrogens with one attached hydrogen (secondary N) is 2. The van der Waals surface area contributed by atoms with Crippen molar-refractivity contribution in [3.63, 3.8) is 0 Å². The average Bonchev–Trinajstić information content (AvgIpc) is 3.20. The van der Waals surface area contributed by atoms with Gasteiger partial charge in [0, 0.05) is 32.2 Å². The maximum absolute atomic E-state index is 12.0. The molecule has 1 aromatic heterocycles. The lowest BCUT2D eigenvalue weighted by atomic mass is 10.2. The second-order valence-electron chi connectivity index (χ2n) is 6.19. The van der Waals surface area contributed by atoms with E-state index in [1.807, 2.05) is 6.07 Å². The quantitative estimate of drug-likeness (QED) is 0.810. The molecule has 144 valence electrons. The molecule has 1 saturated heterocycles. The standard InChI is InChI=1S/C19H23N3O5/c1-14(23)22-8-10-26-18(12-22)11-20-19(24)21-15-4-6-16(7-5-15)27-13-17-3-2-9-25-17/h2-7,9,18H,8,10-13H2,1H3,(H2,20,21,24)/t18-/m0/s1. The number of urea groups is 1. The molecule has 0 unspecified atom stereocenters. The molecule has 3 rings (SSSR count). The Balaban J connectivity index is 1.40. The van der Waals surface area contributed by atoms with Crippen molar-refractivity contribution in [1.82, 2.24) is 10.2 Å². The minimum atomic E-state index is -0.331. The van der Waals surface area contributed by atoms with Crippen LogP contribution in [0.5, 0.6) is 5.75 Å². The molecule has 0 spiro atoms. The first-order chi connectivity index (χ1) is 13.1. The van der Waals surface area contributed by atoms with E-state index in [1.54, 1.807) is 41.5 Å². The summed E-state index contributed by atoms with van der Waals surface area (Å²) in [4.78, 5) is 25.2. The van der Waals surface area contributed by atoms with Gasteiger partial charge < -0.3 is 29.4 Å². The fourth-order valence-corrected chi connectivity index (χ4v) is 2.69. The molecule has 1 fully saturated rings. The van der Waals surface area contributed by atoms with E-state index in [9.17, 15) is 9.59 Å². The number of rotatable bonds is 6. The normalized spacial score (nSPS) is 16.6. The van der Waals surface area contributed by atoms with Gasteiger partial charge in [-0.05, 0) is 36.4 Å². The molecule has 0 bridgehead atoms. The number of amides is 3. The molecule has 1 aliphatic heterocycles. The molecule has 2 aromatic rings. The molecule has 0 saturated carbocycles. The molecule has 27 heavy (non-hydrogen) atoms. The van der Waals surface area contributed by atoms with Crippen LogP contribution in [-0.2, 0) is 16.1 Å². The number of hydrogen-bond acceptors (Lipinski definition) is 5. The van der Waals surface area contributed by atoms with Crippen LogP contribution in [-0.4, -0.2) is 49.2 Å². The number of ether oxygens (including phenoxy) is 2. The van der Waals surface area contributed by atoms with Gasteiger partial charge in [0.2, 0.25) is 5.91 Å². The molecule has 8 nitrogen and oxygen atoms in total. The summed E-state index contributed by atoms with van der Waals surface area (Å²) in [5.74, 6) is 1.43. The van der Waals surface area contributed by atoms with E-state index >= 15 is 0 Å². The highest BCUT2D eigenvalue weighted by atomic mass is 16.5. The van der Waals surface area contributed by atoms with Gasteiger partial charge in [-0.3, -0.25) is 4.79 Å². The lowest BCUT2D eigenvalue weighted by Crippen LogP contribution is -2.49. The van der Waals surface area contributed by atoms with E-state index in [1.165, 1.54) is 6.92 Å². The molecule has 1 aliphatic rings. The van der Waals surface area contributed by atoms with Crippen molar-refractivity contribution in [3.05, 3.63) is 48.4 Å². The largest absolute Gasteiger partial charge is 0.486 e. The fourth-order valence-electron chi connectivity index (χ4n) is 2.69. The van der Waals surface area contributed by atoms with Crippen LogP contribution in [0.2, 0.25) is 0 Å². The van der Waals surface area contributed by atoms with Gasteiger partial charge in [-0.1, -0.05) is 0 Å². The first kappa shape index (κ1) is 18.8. The van der Waals surface area contributed by atoms with Gasteiger partial charge in [0.1, 0.15) is 18.1 Å². The van der Waals surface area contributed by atoms with Crippen LogP contribution in [0.4, 0.5) is 10.5 Å². The Labute approximate surface area is 157 Å². The number of hydrogen-bond donors (Lipinski definition) is 2. The van der Waals surface area contributed by atoms with E-state index in [4.69, 9.17) is 13.9 Å². The molecule has 0 aliphatic carbocycles. The van der Waals surface area contributed by atoms with E-state index < -0.39 is 0 Å². The van der Waals surface area contributed by atoms with Crippen molar-refractivity contribution in [3.8, 4) is 5.75 Å². The summed E-state index contributed by atoms with van der Waals surface area (Å²) < 4.78 is 16.4. The topological polar surface area (TPSA) is 93.0 Å². The third kappa shape index (κ3) is 5.75. The van der Waals surface area contributed by atoms with Crippen LogP contribution >= 0.6 is 0 Å². The van der Waals surface area contributed by atoms with Crippen LogP contribution in [0.15, 0.2) is 47.1 Å². The first-order valence-electron chi connectivity index (χ1n) is 8.77. The van der Waals surface area contributed by atoms with Crippen molar-refractivity contribution in [1.29, 1.82) is 0 Å². The molecular weight excluding hydrogens is 350 g/mol. The highest BCUT2D eigenvalue weighted by Gasteiger charge is 2.22. The van der Waals surface area contributed by atoms with Gasteiger partial charge in [0.05, 0.1) is 19.0 Å². The fraction of sp³-hybridized carbons (Fsp3) is 0.368. The summed E-state index contributed by atoms with van der Waals surface area (Å²) in [6.07, 6.45) is 1.39. The number of carbonyl (C=O) groups excluding carboxylic acids is 2. The summed E-state index contributed by atoms with van der Waals surface area (Å²) in [6, 6.07) is 10.4. The van der Waals surface area contributed by atoms with Crippen molar-refractivity contribution < 1.29 is 23.5 Å². The Hall–Kier alpha value is -3.00. The van der Waals surface area contributed by atoms with Crippen molar-refractivity contribution in [2.24, 2.45) is 0 Å².